The topological polar surface area (TPSA) is 91.8 Å². The first-order valence-corrected chi connectivity index (χ1v) is 9.81. The van der Waals surface area contributed by atoms with E-state index in [0.29, 0.717) is 0 Å². The van der Waals surface area contributed by atoms with Gasteiger partial charge in [0, 0.05) is 19.8 Å². The lowest BCUT2D eigenvalue weighted by Gasteiger charge is -2.19. The van der Waals surface area contributed by atoms with E-state index in [0.717, 1.165) is 16.6 Å². The van der Waals surface area contributed by atoms with Gasteiger partial charge in [0.25, 0.3) is 0 Å². The van der Waals surface area contributed by atoms with E-state index < -0.39 is 26.0 Å². The number of sulfonamides is 1. The van der Waals surface area contributed by atoms with Gasteiger partial charge < -0.3 is 5.11 Å². The van der Waals surface area contributed by atoms with Gasteiger partial charge in [-0.3, -0.25) is 0 Å². The fourth-order valence-electron chi connectivity index (χ4n) is 1.57. The molecule has 1 aromatic rings. The number of halogens is 1. The Hall–Kier alpha value is -0.670. The Morgan fingerprint density at radius 1 is 1.29 bits per heavy atom. The van der Waals surface area contributed by atoms with Gasteiger partial charge >= 0.3 is 0 Å². The summed E-state index contributed by atoms with van der Waals surface area (Å²) in [5, 5.41) is 9.17. The van der Waals surface area contributed by atoms with Crippen molar-refractivity contribution in [2.24, 2.45) is 0 Å². The molecule has 0 radical (unpaired) electrons. The van der Waals surface area contributed by atoms with Crippen molar-refractivity contribution in [3.05, 3.63) is 23.2 Å². The van der Waals surface area contributed by atoms with Crippen LogP contribution in [0.3, 0.4) is 0 Å². The van der Waals surface area contributed by atoms with Crippen LogP contribution in [0.25, 0.3) is 0 Å². The predicted molar refractivity (Wildman–Crippen MR) is 80.7 cm³/mol. The fourth-order valence-corrected chi connectivity index (χ4v) is 3.97. The van der Waals surface area contributed by atoms with E-state index in [1.165, 1.54) is 19.2 Å². The Morgan fingerprint density at radius 2 is 1.86 bits per heavy atom. The van der Waals surface area contributed by atoms with Gasteiger partial charge in [-0.05, 0) is 31.5 Å². The largest absolute Gasteiger partial charge is 0.393 e. The number of aliphatic hydroxyl groups is 1. The van der Waals surface area contributed by atoms with Crippen molar-refractivity contribution in [1.82, 2.24) is 4.31 Å². The number of rotatable bonds is 6. The summed E-state index contributed by atoms with van der Waals surface area (Å²) in [5.74, 6) is 0. The van der Waals surface area contributed by atoms with Crippen molar-refractivity contribution < 1.29 is 21.9 Å². The lowest BCUT2D eigenvalue weighted by molar-refractivity contribution is 0.177. The molecule has 1 N–H and O–H groups in total. The average molecular weight is 356 g/mol. The van der Waals surface area contributed by atoms with E-state index in [2.05, 4.69) is 0 Å². The third-order valence-electron chi connectivity index (χ3n) is 2.88. The van der Waals surface area contributed by atoms with E-state index >= 15 is 0 Å². The maximum absolute atomic E-state index is 12.4. The second kappa shape index (κ2) is 6.62. The van der Waals surface area contributed by atoms with Crippen LogP contribution >= 0.6 is 11.6 Å². The smallest absolute Gasteiger partial charge is 0.244 e. The van der Waals surface area contributed by atoms with Crippen molar-refractivity contribution in [2.75, 3.05) is 19.8 Å². The molecule has 0 bridgehead atoms. The lowest BCUT2D eigenvalue weighted by Crippen LogP contribution is -2.30. The molecule has 0 aliphatic heterocycles. The van der Waals surface area contributed by atoms with Gasteiger partial charge in [-0.2, -0.15) is 0 Å². The Morgan fingerprint density at radius 3 is 2.33 bits per heavy atom. The number of sulfone groups is 1. The number of hydrogen-bond acceptors (Lipinski definition) is 5. The maximum atomic E-state index is 12.4. The van der Waals surface area contributed by atoms with Gasteiger partial charge in [-0.25, -0.2) is 21.1 Å². The highest BCUT2D eigenvalue weighted by Crippen LogP contribution is 2.27. The zero-order chi connectivity index (χ0) is 16.4. The first kappa shape index (κ1) is 18.4. The second-order valence-electron chi connectivity index (χ2n) is 4.83. The average Bonchev–Trinajstić information content (AvgIpc) is 2.34. The quantitative estimate of drug-likeness (QED) is 0.826. The van der Waals surface area contributed by atoms with Crippen LogP contribution in [0.4, 0.5) is 0 Å². The van der Waals surface area contributed by atoms with Gasteiger partial charge in [0.15, 0.2) is 9.84 Å². The molecule has 0 saturated carbocycles. The third-order valence-corrected chi connectivity index (χ3v) is 6.33. The number of aliphatic hydroxyl groups excluding tert-OH is 1. The zero-order valence-corrected chi connectivity index (χ0v) is 14.3. The first-order valence-electron chi connectivity index (χ1n) is 6.10. The number of nitrogens with zero attached hydrogens (tertiary/aromatic N) is 1. The standard InChI is InChI=1S/C12H18ClNO5S2/c1-9(15)6-7-14(2)21(18,19)12-8-10(20(3,16)17)4-5-11(12)13/h4-5,8-9,15H,6-7H2,1-3H3. The zero-order valence-electron chi connectivity index (χ0n) is 11.9. The summed E-state index contributed by atoms with van der Waals surface area (Å²) in [4.78, 5) is -0.380. The molecule has 0 aliphatic carbocycles. The van der Waals surface area contributed by atoms with Crippen molar-refractivity contribution in [2.45, 2.75) is 29.2 Å². The summed E-state index contributed by atoms with van der Waals surface area (Å²) >= 11 is 5.89. The minimum atomic E-state index is -3.92. The van der Waals surface area contributed by atoms with Crippen LogP contribution in [0.15, 0.2) is 28.0 Å². The normalized spacial score (nSPS) is 14.4. The number of hydrogen-bond donors (Lipinski definition) is 1. The molecule has 0 heterocycles. The highest BCUT2D eigenvalue weighted by atomic mass is 35.5. The summed E-state index contributed by atoms with van der Waals surface area (Å²) in [5.41, 5.74) is 0. The summed E-state index contributed by atoms with van der Waals surface area (Å²) in [7, 11) is -6.11. The van der Waals surface area contributed by atoms with Crippen molar-refractivity contribution in [1.29, 1.82) is 0 Å². The van der Waals surface area contributed by atoms with Crippen molar-refractivity contribution in [3.8, 4) is 0 Å². The van der Waals surface area contributed by atoms with E-state index in [9.17, 15) is 21.9 Å². The molecule has 1 unspecified atom stereocenters. The minimum absolute atomic E-state index is 0.0497. The highest BCUT2D eigenvalue weighted by molar-refractivity contribution is 7.91. The van der Waals surface area contributed by atoms with Crippen LogP contribution in [0.2, 0.25) is 5.02 Å². The molecule has 0 aromatic heterocycles. The molecular formula is C12H18ClNO5S2. The minimum Gasteiger partial charge on any atom is -0.393 e. The van der Waals surface area contributed by atoms with E-state index in [4.69, 9.17) is 11.6 Å². The third kappa shape index (κ3) is 4.65. The molecule has 9 heteroatoms. The predicted octanol–water partition coefficient (Wildman–Crippen LogP) is 1.13. The Labute approximate surface area is 130 Å². The fraction of sp³-hybridized carbons (Fsp3) is 0.500. The maximum Gasteiger partial charge on any atom is 0.244 e. The molecule has 0 fully saturated rings. The van der Waals surface area contributed by atoms with Gasteiger partial charge in [-0.15, -0.1) is 0 Å². The Bertz CT molecular complexity index is 713. The SMILES string of the molecule is CC(O)CCN(C)S(=O)(=O)c1cc(S(C)(=O)=O)ccc1Cl. The van der Waals surface area contributed by atoms with Crippen molar-refractivity contribution in [3.63, 3.8) is 0 Å². The van der Waals surface area contributed by atoms with Crippen molar-refractivity contribution >= 4 is 31.5 Å². The van der Waals surface area contributed by atoms with E-state index in [1.54, 1.807) is 6.92 Å². The van der Waals surface area contributed by atoms with Gasteiger partial charge in [-0.1, -0.05) is 11.6 Å². The van der Waals surface area contributed by atoms with E-state index in [-0.39, 0.29) is 27.8 Å². The van der Waals surface area contributed by atoms with Gasteiger partial charge in [0.2, 0.25) is 10.0 Å². The molecule has 0 saturated heterocycles. The Balaban J connectivity index is 3.25. The molecule has 0 amide bonds. The van der Waals surface area contributed by atoms with Crippen LogP contribution in [0, 0.1) is 0 Å². The molecule has 6 nitrogen and oxygen atoms in total. The second-order valence-corrected chi connectivity index (χ2v) is 9.26. The summed E-state index contributed by atoms with van der Waals surface area (Å²) in [6, 6.07) is 3.55. The Kier molecular flexibility index (Phi) is 5.79. The lowest BCUT2D eigenvalue weighted by atomic mass is 10.3. The summed E-state index contributed by atoms with van der Waals surface area (Å²) in [6.45, 7) is 1.65. The molecule has 0 aliphatic rings. The van der Waals surface area contributed by atoms with Crippen LogP contribution in [0.1, 0.15) is 13.3 Å². The van der Waals surface area contributed by atoms with E-state index in [1.807, 2.05) is 0 Å². The summed E-state index contributed by atoms with van der Waals surface area (Å²) < 4.78 is 48.9. The van der Waals surface area contributed by atoms with Gasteiger partial charge in [0.05, 0.1) is 16.0 Å². The monoisotopic (exact) mass is 355 g/mol. The van der Waals surface area contributed by atoms with Crippen LogP contribution in [-0.2, 0) is 19.9 Å². The van der Waals surface area contributed by atoms with Crippen LogP contribution < -0.4 is 0 Å². The molecule has 1 aromatic carbocycles. The summed E-state index contributed by atoms with van der Waals surface area (Å²) in [6.07, 6.45) is 0.614. The molecule has 0 spiro atoms. The molecule has 120 valence electrons. The van der Waals surface area contributed by atoms with Crippen LogP contribution in [0.5, 0.6) is 0 Å². The molecule has 1 atom stereocenters. The number of benzene rings is 1. The molecule has 1 rings (SSSR count). The highest BCUT2D eigenvalue weighted by Gasteiger charge is 2.25. The van der Waals surface area contributed by atoms with Crippen LogP contribution in [-0.4, -0.2) is 52.2 Å². The van der Waals surface area contributed by atoms with Gasteiger partial charge in [0.1, 0.15) is 4.90 Å². The molecule has 21 heavy (non-hydrogen) atoms. The first-order chi connectivity index (χ1) is 9.46. The molecular weight excluding hydrogens is 338 g/mol.